The molecule has 0 aliphatic heterocycles. The van der Waals surface area contributed by atoms with Crippen LogP contribution in [0.2, 0.25) is 0 Å². The maximum atomic E-state index is 2.57. The van der Waals surface area contributed by atoms with Crippen LogP contribution in [0.3, 0.4) is 0 Å². The lowest BCUT2D eigenvalue weighted by Crippen LogP contribution is -2.34. The molecular weight excluding hydrogens is 228 g/mol. The highest BCUT2D eigenvalue weighted by atomic mass is 14.4. The van der Waals surface area contributed by atoms with Gasteiger partial charge in [-0.1, -0.05) is 59.1 Å². The van der Waals surface area contributed by atoms with Crippen molar-refractivity contribution >= 4 is 0 Å². The van der Waals surface area contributed by atoms with Gasteiger partial charge in [0.1, 0.15) is 0 Å². The van der Waals surface area contributed by atoms with Gasteiger partial charge in [0.2, 0.25) is 0 Å². The number of hydrogen-bond donors (Lipinski definition) is 0. The minimum atomic E-state index is 0.508. The van der Waals surface area contributed by atoms with E-state index in [1.807, 2.05) is 0 Å². The minimum Gasteiger partial charge on any atom is -0.0882 e. The summed E-state index contributed by atoms with van der Waals surface area (Å²) < 4.78 is 0. The largest absolute Gasteiger partial charge is 0.0882 e. The van der Waals surface area contributed by atoms with Gasteiger partial charge in [-0.25, -0.2) is 0 Å². The van der Waals surface area contributed by atoms with E-state index in [-0.39, 0.29) is 0 Å². The highest BCUT2D eigenvalue weighted by Gasteiger charge is 2.37. The molecule has 2 aliphatic carbocycles. The molecule has 0 saturated heterocycles. The fraction of sp³-hybridized carbons (Fsp3) is 0.895. The summed E-state index contributed by atoms with van der Waals surface area (Å²) in [7, 11) is 0. The Morgan fingerprint density at radius 2 is 1.37 bits per heavy atom. The van der Waals surface area contributed by atoms with Gasteiger partial charge >= 0.3 is 0 Å². The Labute approximate surface area is 121 Å². The molecule has 0 aromatic carbocycles. The second-order valence-electron chi connectivity index (χ2n) is 8.07. The van der Waals surface area contributed by atoms with Crippen molar-refractivity contribution in [3.63, 3.8) is 0 Å². The molecule has 0 bridgehead atoms. The summed E-state index contributed by atoms with van der Waals surface area (Å²) in [5, 5.41) is 0. The van der Waals surface area contributed by atoms with Gasteiger partial charge in [-0.15, -0.1) is 0 Å². The highest BCUT2D eigenvalue weighted by Crippen LogP contribution is 2.47. The summed E-state index contributed by atoms with van der Waals surface area (Å²) in [5.41, 5.74) is 0.508. The van der Waals surface area contributed by atoms with E-state index in [0.29, 0.717) is 5.41 Å². The smallest absolute Gasteiger partial charge is 0.0179 e. The Morgan fingerprint density at radius 1 is 0.789 bits per heavy atom. The minimum absolute atomic E-state index is 0.508. The molecule has 0 heteroatoms. The molecule has 19 heavy (non-hydrogen) atoms. The van der Waals surface area contributed by atoms with Crippen molar-refractivity contribution in [1.29, 1.82) is 0 Å². The first-order chi connectivity index (χ1) is 9.00. The van der Waals surface area contributed by atoms with Crippen LogP contribution in [0.1, 0.15) is 79.1 Å². The zero-order valence-corrected chi connectivity index (χ0v) is 13.6. The van der Waals surface area contributed by atoms with Crippen LogP contribution in [-0.2, 0) is 0 Å². The predicted molar refractivity (Wildman–Crippen MR) is 85.2 cm³/mol. The number of allylic oxidation sites excluding steroid dienone is 2. The average Bonchev–Trinajstić information content (AvgIpc) is 2.34. The molecule has 2 unspecified atom stereocenters. The molecule has 110 valence electrons. The summed E-state index contributed by atoms with van der Waals surface area (Å²) in [4.78, 5) is 0. The van der Waals surface area contributed by atoms with E-state index in [9.17, 15) is 0 Å². The molecule has 0 heterocycles. The Hall–Kier alpha value is -0.260. The summed E-state index contributed by atoms with van der Waals surface area (Å²) in [5.74, 6) is 3.66. The van der Waals surface area contributed by atoms with E-state index in [1.165, 1.54) is 51.4 Å². The molecule has 0 aromatic rings. The second kappa shape index (κ2) is 6.46. The number of hydrogen-bond acceptors (Lipinski definition) is 0. The third kappa shape index (κ3) is 3.86. The predicted octanol–water partition coefficient (Wildman–Crippen LogP) is 6.22. The van der Waals surface area contributed by atoms with E-state index in [1.54, 1.807) is 0 Å². The van der Waals surface area contributed by atoms with Gasteiger partial charge in [0.05, 0.1) is 0 Å². The second-order valence-corrected chi connectivity index (χ2v) is 8.07. The van der Waals surface area contributed by atoms with Crippen molar-refractivity contribution in [1.82, 2.24) is 0 Å². The molecule has 2 rings (SSSR count). The van der Waals surface area contributed by atoms with Gasteiger partial charge < -0.3 is 0 Å². The first kappa shape index (κ1) is 15.1. The van der Waals surface area contributed by atoms with Crippen molar-refractivity contribution < 1.29 is 0 Å². The maximum Gasteiger partial charge on any atom is -0.0179 e. The fourth-order valence-electron chi connectivity index (χ4n) is 4.27. The third-order valence-electron chi connectivity index (χ3n) is 6.19. The van der Waals surface area contributed by atoms with Gasteiger partial charge in [0.15, 0.2) is 0 Å². The Morgan fingerprint density at radius 3 is 2.05 bits per heavy atom. The SMILES string of the molecule is CC1CCC=CC(C(C)(C)C2CCC(C)CC2)CC1. The lowest BCUT2D eigenvalue weighted by molar-refractivity contribution is 0.0847. The lowest BCUT2D eigenvalue weighted by atomic mass is 9.61. The van der Waals surface area contributed by atoms with E-state index < -0.39 is 0 Å². The average molecular weight is 262 g/mol. The normalized spacial score (nSPS) is 37.7. The molecule has 1 fully saturated rings. The molecule has 0 amide bonds. The van der Waals surface area contributed by atoms with Crippen LogP contribution >= 0.6 is 0 Å². The van der Waals surface area contributed by atoms with Crippen LogP contribution in [0.5, 0.6) is 0 Å². The topological polar surface area (TPSA) is 0 Å². The van der Waals surface area contributed by atoms with Crippen LogP contribution in [0.15, 0.2) is 12.2 Å². The molecule has 0 radical (unpaired) electrons. The molecule has 1 saturated carbocycles. The first-order valence-electron chi connectivity index (χ1n) is 8.66. The van der Waals surface area contributed by atoms with Gasteiger partial charge in [-0.3, -0.25) is 0 Å². The number of rotatable bonds is 2. The molecule has 0 N–H and O–H groups in total. The van der Waals surface area contributed by atoms with E-state index in [2.05, 4.69) is 39.8 Å². The van der Waals surface area contributed by atoms with E-state index in [0.717, 1.165) is 23.7 Å². The Balaban J connectivity index is 2.02. The third-order valence-corrected chi connectivity index (χ3v) is 6.19. The lowest BCUT2D eigenvalue weighted by Gasteiger charge is -2.44. The van der Waals surface area contributed by atoms with Crippen LogP contribution in [-0.4, -0.2) is 0 Å². The van der Waals surface area contributed by atoms with Crippen LogP contribution in [0, 0.1) is 29.1 Å². The molecule has 0 spiro atoms. The van der Waals surface area contributed by atoms with Crippen molar-refractivity contribution in [3.8, 4) is 0 Å². The molecular formula is C19H34. The maximum absolute atomic E-state index is 2.57. The quantitative estimate of drug-likeness (QED) is 0.518. The molecule has 0 aromatic heterocycles. The standard InChI is InChI=1S/C19H34/c1-15-7-5-6-8-17(12-9-15)19(3,4)18-13-10-16(2)11-14-18/h6,8,15-18H,5,7,9-14H2,1-4H3. The Bertz CT molecular complexity index is 291. The molecule has 0 nitrogen and oxygen atoms in total. The van der Waals surface area contributed by atoms with Gasteiger partial charge in [-0.2, -0.15) is 0 Å². The van der Waals surface area contributed by atoms with Crippen molar-refractivity contribution in [2.75, 3.05) is 0 Å². The van der Waals surface area contributed by atoms with Crippen molar-refractivity contribution in [2.45, 2.75) is 79.1 Å². The van der Waals surface area contributed by atoms with Crippen LogP contribution in [0.25, 0.3) is 0 Å². The van der Waals surface area contributed by atoms with Gasteiger partial charge in [0.25, 0.3) is 0 Å². The fourth-order valence-corrected chi connectivity index (χ4v) is 4.27. The van der Waals surface area contributed by atoms with Crippen molar-refractivity contribution in [3.05, 3.63) is 12.2 Å². The highest BCUT2D eigenvalue weighted by molar-refractivity contribution is 5.00. The zero-order valence-electron chi connectivity index (χ0n) is 13.6. The summed E-state index contributed by atoms with van der Waals surface area (Å²) in [6.45, 7) is 9.97. The Kier molecular flexibility index (Phi) is 5.15. The zero-order chi connectivity index (χ0) is 13.9. The van der Waals surface area contributed by atoms with E-state index in [4.69, 9.17) is 0 Å². The monoisotopic (exact) mass is 262 g/mol. The summed E-state index contributed by atoms with van der Waals surface area (Å²) in [6.07, 6.45) is 16.4. The van der Waals surface area contributed by atoms with Crippen LogP contribution in [0.4, 0.5) is 0 Å². The van der Waals surface area contributed by atoms with Gasteiger partial charge in [-0.05, 0) is 61.2 Å². The summed E-state index contributed by atoms with van der Waals surface area (Å²) >= 11 is 0. The van der Waals surface area contributed by atoms with E-state index >= 15 is 0 Å². The van der Waals surface area contributed by atoms with Gasteiger partial charge in [0, 0.05) is 0 Å². The molecule has 2 atom stereocenters. The summed E-state index contributed by atoms with van der Waals surface area (Å²) in [6, 6.07) is 0. The first-order valence-corrected chi connectivity index (χ1v) is 8.66. The molecule has 2 aliphatic rings. The van der Waals surface area contributed by atoms with Crippen LogP contribution < -0.4 is 0 Å². The van der Waals surface area contributed by atoms with Crippen molar-refractivity contribution in [2.24, 2.45) is 29.1 Å².